The highest BCUT2D eigenvalue weighted by atomic mass is 19.1. The first-order valence-electron chi connectivity index (χ1n) is 10.7. The molecule has 9 heteroatoms. The molecule has 0 unspecified atom stereocenters. The van der Waals surface area contributed by atoms with E-state index in [0.29, 0.717) is 55.0 Å². The second-order valence-corrected chi connectivity index (χ2v) is 7.78. The fraction of sp³-hybridized carbons (Fsp3) is 0.292. The van der Waals surface area contributed by atoms with E-state index in [4.69, 9.17) is 0 Å². The zero-order valence-corrected chi connectivity index (χ0v) is 18.3. The Hall–Kier alpha value is -3.68. The summed E-state index contributed by atoms with van der Waals surface area (Å²) in [6.45, 7) is 3.33. The Bertz CT molecular complexity index is 1230. The van der Waals surface area contributed by atoms with Gasteiger partial charge < -0.3 is 10.6 Å². The van der Waals surface area contributed by atoms with Crippen LogP contribution in [0.2, 0.25) is 0 Å². The molecule has 0 radical (unpaired) electrons. The van der Waals surface area contributed by atoms with Crippen LogP contribution in [0.25, 0.3) is 5.57 Å². The number of nitrogens with one attached hydrogen (secondary N) is 2. The molecule has 1 aromatic carbocycles. The van der Waals surface area contributed by atoms with Crippen molar-refractivity contribution in [3.63, 3.8) is 0 Å². The lowest BCUT2D eigenvalue weighted by molar-refractivity contribution is 0.0957. The van der Waals surface area contributed by atoms with E-state index in [1.165, 1.54) is 13.1 Å². The number of anilines is 1. The number of fused-ring (bicyclic) bond motifs is 1. The van der Waals surface area contributed by atoms with Crippen LogP contribution in [-0.4, -0.2) is 47.6 Å². The quantitative estimate of drug-likeness (QED) is 0.536. The molecule has 7 nitrogen and oxygen atoms in total. The highest BCUT2D eigenvalue weighted by Gasteiger charge is 2.23. The summed E-state index contributed by atoms with van der Waals surface area (Å²) in [7, 11) is 1.46. The van der Waals surface area contributed by atoms with Gasteiger partial charge in [-0.05, 0) is 36.6 Å². The lowest BCUT2D eigenvalue weighted by Crippen LogP contribution is -2.29. The zero-order valence-electron chi connectivity index (χ0n) is 18.3. The van der Waals surface area contributed by atoms with Gasteiger partial charge in [0.25, 0.3) is 5.91 Å². The van der Waals surface area contributed by atoms with Crippen LogP contribution in [0.4, 0.5) is 20.2 Å². The second-order valence-electron chi connectivity index (χ2n) is 7.78. The van der Waals surface area contributed by atoms with Crippen LogP contribution >= 0.6 is 0 Å². The van der Waals surface area contributed by atoms with Crippen LogP contribution in [0.15, 0.2) is 41.0 Å². The molecule has 2 aromatic rings. The van der Waals surface area contributed by atoms with E-state index in [-0.39, 0.29) is 17.1 Å². The summed E-state index contributed by atoms with van der Waals surface area (Å²) in [5.41, 5.74) is 3.00. The summed E-state index contributed by atoms with van der Waals surface area (Å²) in [5, 5.41) is 5.24. The number of amides is 1. The Morgan fingerprint density at radius 2 is 2.09 bits per heavy atom. The third-order valence-corrected chi connectivity index (χ3v) is 5.77. The maximum absolute atomic E-state index is 15.2. The number of carbonyl (C=O) groups is 1. The Labute approximate surface area is 189 Å². The molecule has 1 aromatic heterocycles. The van der Waals surface area contributed by atoms with Crippen molar-refractivity contribution in [3.8, 4) is 0 Å². The third kappa shape index (κ3) is 4.46. The Morgan fingerprint density at radius 1 is 1.27 bits per heavy atom. The van der Waals surface area contributed by atoms with Gasteiger partial charge in [0.15, 0.2) is 11.8 Å². The average molecular weight is 451 g/mol. The minimum absolute atomic E-state index is 0.0243. The highest BCUT2D eigenvalue weighted by Crippen LogP contribution is 2.36. The molecule has 0 saturated heterocycles. The molecule has 0 bridgehead atoms. The van der Waals surface area contributed by atoms with Crippen molar-refractivity contribution < 1.29 is 18.4 Å². The maximum atomic E-state index is 15.2. The summed E-state index contributed by atoms with van der Waals surface area (Å²) >= 11 is 0. The van der Waals surface area contributed by atoms with Gasteiger partial charge in [-0.2, -0.15) is 4.39 Å². The summed E-state index contributed by atoms with van der Waals surface area (Å²) in [6, 6.07) is 6.49. The van der Waals surface area contributed by atoms with Crippen molar-refractivity contribution in [2.75, 3.05) is 25.5 Å². The first-order chi connectivity index (χ1) is 15.9. The van der Waals surface area contributed by atoms with Crippen molar-refractivity contribution >= 4 is 34.5 Å². The van der Waals surface area contributed by atoms with Gasteiger partial charge in [0.1, 0.15) is 17.1 Å². The minimum Gasteiger partial charge on any atom is -0.354 e. The molecule has 0 spiro atoms. The topological polar surface area (TPSA) is 86.7 Å². The summed E-state index contributed by atoms with van der Waals surface area (Å²) in [4.78, 5) is 33.0. The molecule has 4 rings (SSSR count). The Morgan fingerprint density at radius 3 is 2.73 bits per heavy atom. The maximum Gasteiger partial charge on any atom is 0.269 e. The zero-order chi connectivity index (χ0) is 23.5. The van der Waals surface area contributed by atoms with Gasteiger partial charge in [0.05, 0.1) is 11.4 Å². The normalized spacial score (nSPS) is 15.7. The smallest absolute Gasteiger partial charge is 0.269 e. The molecule has 2 aliphatic rings. The average Bonchev–Trinajstić information content (AvgIpc) is 2.85. The number of hydrogen-bond donors (Lipinski definition) is 2. The predicted molar refractivity (Wildman–Crippen MR) is 122 cm³/mol. The number of rotatable bonds is 5. The van der Waals surface area contributed by atoms with Crippen molar-refractivity contribution in [2.45, 2.75) is 26.3 Å². The number of hydrogen-bond acceptors (Lipinski definition) is 6. The number of benzene rings is 1. The highest BCUT2D eigenvalue weighted by molar-refractivity contribution is 6.12. The monoisotopic (exact) mass is 451 g/mol. The van der Waals surface area contributed by atoms with Crippen LogP contribution in [0, 0.1) is 11.8 Å². The molecule has 2 aliphatic heterocycles. The number of aromatic nitrogens is 1. The van der Waals surface area contributed by atoms with Gasteiger partial charge in [-0.15, -0.1) is 0 Å². The summed E-state index contributed by atoms with van der Waals surface area (Å²) in [6.07, 6.45) is 2.99. The molecule has 2 N–H and O–H groups in total. The number of aliphatic imine (C=N–C) groups is 1. The van der Waals surface area contributed by atoms with Crippen LogP contribution in [0.1, 0.15) is 41.4 Å². The molecular formula is C24H23F2N5O2. The van der Waals surface area contributed by atoms with E-state index in [1.807, 2.05) is 17.9 Å². The molecule has 0 fully saturated rings. The van der Waals surface area contributed by atoms with Gasteiger partial charge in [0, 0.05) is 37.8 Å². The van der Waals surface area contributed by atoms with Crippen LogP contribution in [-0.2, 0) is 11.3 Å². The number of pyridine rings is 1. The number of halogens is 2. The Balaban J connectivity index is 1.49. The number of nitrogens with zero attached hydrogens (tertiary/aromatic N) is 3. The first-order valence-corrected chi connectivity index (χ1v) is 10.7. The third-order valence-electron chi connectivity index (χ3n) is 5.77. The SMILES string of the molecule is CCC1=Nc2ccc(CN3CC=C(c4ccc(C(=O)NC)nc4F)CC3)c(F)c2NC1=C=O. The molecular weight excluding hydrogens is 428 g/mol. The van der Waals surface area contributed by atoms with E-state index in [0.717, 1.165) is 5.57 Å². The van der Waals surface area contributed by atoms with Crippen LogP contribution < -0.4 is 10.6 Å². The largest absolute Gasteiger partial charge is 0.354 e. The lowest BCUT2D eigenvalue weighted by Gasteiger charge is -2.27. The van der Waals surface area contributed by atoms with E-state index in [2.05, 4.69) is 20.6 Å². The van der Waals surface area contributed by atoms with Crippen LogP contribution in [0.5, 0.6) is 0 Å². The molecule has 0 saturated carbocycles. The fourth-order valence-electron chi connectivity index (χ4n) is 3.95. The predicted octanol–water partition coefficient (Wildman–Crippen LogP) is 3.63. The van der Waals surface area contributed by atoms with E-state index < -0.39 is 17.7 Å². The number of allylic oxidation sites excluding steroid dienone is 1. The summed E-state index contributed by atoms with van der Waals surface area (Å²) in [5.74, 6) is 0.211. The van der Waals surface area contributed by atoms with E-state index >= 15 is 4.39 Å². The van der Waals surface area contributed by atoms with Crippen LogP contribution in [0.3, 0.4) is 0 Å². The fourth-order valence-corrected chi connectivity index (χ4v) is 3.95. The van der Waals surface area contributed by atoms with Gasteiger partial charge in [-0.25, -0.2) is 19.2 Å². The Kier molecular flexibility index (Phi) is 6.44. The molecule has 0 atom stereocenters. The number of carbonyl (C=O) groups excluding carboxylic acids is 2. The van der Waals surface area contributed by atoms with E-state index in [9.17, 15) is 14.0 Å². The molecule has 170 valence electrons. The van der Waals surface area contributed by atoms with Gasteiger partial charge in [-0.3, -0.25) is 9.69 Å². The van der Waals surface area contributed by atoms with E-state index in [1.54, 1.807) is 24.1 Å². The minimum atomic E-state index is -0.686. The summed E-state index contributed by atoms with van der Waals surface area (Å²) < 4.78 is 29.6. The van der Waals surface area contributed by atoms with Gasteiger partial charge in [-0.1, -0.05) is 19.1 Å². The lowest BCUT2D eigenvalue weighted by atomic mass is 9.99. The van der Waals surface area contributed by atoms with Crippen molar-refractivity contribution in [1.82, 2.24) is 15.2 Å². The first kappa shape index (κ1) is 22.5. The molecule has 3 heterocycles. The second kappa shape index (κ2) is 9.44. The molecule has 1 amide bonds. The van der Waals surface area contributed by atoms with Crippen molar-refractivity contribution in [3.05, 3.63) is 64.6 Å². The molecule has 33 heavy (non-hydrogen) atoms. The molecule has 0 aliphatic carbocycles. The standard InChI is InChI=1S/C24H23F2N5O2/c1-3-17-20(13-32)29-22-18(28-17)6-4-15(21(22)25)12-31-10-8-14(9-11-31)16-5-7-19(24(33)27-2)30-23(16)26/h4-8,29H,3,9-12H2,1-2H3,(H,27,33). The van der Waals surface area contributed by atoms with Gasteiger partial charge >= 0.3 is 0 Å². The van der Waals surface area contributed by atoms with Crippen molar-refractivity contribution in [1.29, 1.82) is 0 Å². The van der Waals surface area contributed by atoms with Crippen molar-refractivity contribution in [2.24, 2.45) is 4.99 Å². The van der Waals surface area contributed by atoms with Gasteiger partial charge in [0.2, 0.25) is 5.95 Å².